The summed E-state index contributed by atoms with van der Waals surface area (Å²) in [4.78, 5) is 29.2. The predicted octanol–water partition coefficient (Wildman–Crippen LogP) is 5.38. The second-order valence-corrected chi connectivity index (χ2v) is 13.3. The van der Waals surface area contributed by atoms with E-state index < -0.39 is 45.8 Å². The SMILES string of the molecule is CSc1ccc(S(=O)(=O)N(CC(=O)N(Cc2ccccc2F)C(C)C(=O)NC(C)(C)C)c2ccc(C)cc2)cc1. The molecule has 1 unspecified atom stereocenters. The monoisotopic (exact) mass is 585 g/mol. The van der Waals surface area contributed by atoms with Crippen LogP contribution in [-0.4, -0.2) is 49.5 Å². The summed E-state index contributed by atoms with van der Waals surface area (Å²) in [6, 6.07) is 18.2. The summed E-state index contributed by atoms with van der Waals surface area (Å²) in [6.07, 6.45) is 1.89. The van der Waals surface area contributed by atoms with Crippen LogP contribution in [0.15, 0.2) is 82.6 Å². The number of amides is 2. The van der Waals surface area contributed by atoms with Gasteiger partial charge in [0.15, 0.2) is 0 Å². The molecule has 3 rings (SSSR count). The molecule has 1 N–H and O–H groups in total. The Labute approximate surface area is 240 Å². The van der Waals surface area contributed by atoms with Crippen molar-refractivity contribution in [3.63, 3.8) is 0 Å². The van der Waals surface area contributed by atoms with E-state index in [1.165, 1.54) is 47.0 Å². The number of thioether (sulfide) groups is 1. The molecule has 1 atom stereocenters. The number of aryl methyl sites for hydroxylation is 1. The Morgan fingerprint density at radius 3 is 2.12 bits per heavy atom. The Hall–Kier alpha value is -3.37. The van der Waals surface area contributed by atoms with Gasteiger partial charge in [0.05, 0.1) is 10.6 Å². The zero-order valence-corrected chi connectivity index (χ0v) is 25.3. The standard InChI is InChI=1S/C30H36FN3O4S2/c1-21-11-13-24(14-12-21)34(40(37,38)26-17-15-25(39-6)16-18-26)20-28(35)33(19-23-9-7-8-10-27(23)31)22(2)29(36)32-30(3,4)5/h7-18,22H,19-20H2,1-6H3,(H,32,36). The fourth-order valence-corrected chi connectivity index (χ4v) is 5.80. The summed E-state index contributed by atoms with van der Waals surface area (Å²) in [5.41, 5.74) is 0.859. The van der Waals surface area contributed by atoms with Crippen LogP contribution >= 0.6 is 11.8 Å². The van der Waals surface area contributed by atoms with Gasteiger partial charge in [0, 0.05) is 22.5 Å². The van der Waals surface area contributed by atoms with Crippen molar-refractivity contribution in [1.29, 1.82) is 0 Å². The average molecular weight is 586 g/mol. The van der Waals surface area contributed by atoms with Gasteiger partial charge in [0.2, 0.25) is 11.8 Å². The normalized spacial score (nSPS) is 12.5. The number of hydrogen-bond acceptors (Lipinski definition) is 5. The molecule has 10 heteroatoms. The molecular weight excluding hydrogens is 549 g/mol. The maximum Gasteiger partial charge on any atom is 0.264 e. The number of sulfonamides is 1. The zero-order chi connectivity index (χ0) is 29.7. The number of nitrogens with one attached hydrogen (secondary N) is 1. The third-order valence-corrected chi connectivity index (χ3v) is 8.74. The first-order valence-electron chi connectivity index (χ1n) is 12.8. The van der Waals surface area contributed by atoms with Gasteiger partial charge in [-0.15, -0.1) is 11.8 Å². The molecule has 3 aromatic carbocycles. The van der Waals surface area contributed by atoms with Gasteiger partial charge in [-0.3, -0.25) is 13.9 Å². The summed E-state index contributed by atoms with van der Waals surface area (Å²) < 4.78 is 43.5. The van der Waals surface area contributed by atoms with E-state index in [0.717, 1.165) is 14.8 Å². The fourth-order valence-electron chi connectivity index (χ4n) is 3.98. The minimum absolute atomic E-state index is 0.0258. The third-order valence-electron chi connectivity index (χ3n) is 6.21. The van der Waals surface area contributed by atoms with Crippen LogP contribution in [0.1, 0.15) is 38.8 Å². The van der Waals surface area contributed by atoms with Gasteiger partial charge in [-0.25, -0.2) is 12.8 Å². The molecule has 0 saturated carbocycles. The molecule has 0 aliphatic rings. The van der Waals surface area contributed by atoms with E-state index >= 15 is 0 Å². The number of carbonyl (C=O) groups excluding carboxylic acids is 2. The Balaban J connectivity index is 2.04. The molecule has 7 nitrogen and oxygen atoms in total. The van der Waals surface area contributed by atoms with Crippen LogP contribution in [0.5, 0.6) is 0 Å². The number of hydrogen-bond donors (Lipinski definition) is 1. The molecule has 0 aromatic heterocycles. The maximum absolute atomic E-state index is 14.6. The van der Waals surface area contributed by atoms with E-state index in [2.05, 4.69) is 5.32 Å². The highest BCUT2D eigenvalue weighted by atomic mass is 32.2. The Kier molecular flexibility index (Phi) is 10.0. The summed E-state index contributed by atoms with van der Waals surface area (Å²) in [6.45, 7) is 8.07. The van der Waals surface area contributed by atoms with Crippen molar-refractivity contribution in [2.45, 2.75) is 62.5 Å². The van der Waals surface area contributed by atoms with E-state index in [4.69, 9.17) is 0 Å². The Morgan fingerprint density at radius 1 is 0.975 bits per heavy atom. The van der Waals surface area contributed by atoms with Crippen LogP contribution < -0.4 is 9.62 Å². The number of benzene rings is 3. The predicted molar refractivity (Wildman–Crippen MR) is 158 cm³/mol. The summed E-state index contributed by atoms with van der Waals surface area (Å²) in [5.74, 6) is -1.61. The maximum atomic E-state index is 14.6. The fraction of sp³-hybridized carbons (Fsp3) is 0.333. The molecule has 0 fully saturated rings. The lowest BCUT2D eigenvalue weighted by atomic mass is 10.1. The lowest BCUT2D eigenvalue weighted by Gasteiger charge is -2.33. The van der Waals surface area contributed by atoms with Crippen LogP contribution in [0.2, 0.25) is 0 Å². The van der Waals surface area contributed by atoms with Gasteiger partial charge in [-0.05, 0) is 83.3 Å². The molecule has 0 radical (unpaired) electrons. The van der Waals surface area contributed by atoms with Gasteiger partial charge in [0.1, 0.15) is 18.4 Å². The quantitative estimate of drug-likeness (QED) is 0.323. The molecule has 0 spiro atoms. The molecular formula is C30H36FN3O4S2. The number of halogens is 1. The minimum atomic E-state index is -4.17. The van der Waals surface area contributed by atoms with Crippen LogP contribution in [-0.2, 0) is 26.2 Å². The largest absolute Gasteiger partial charge is 0.350 e. The number of anilines is 1. The van der Waals surface area contributed by atoms with E-state index in [-0.39, 0.29) is 17.0 Å². The molecule has 3 aromatic rings. The average Bonchev–Trinajstić information content (AvgIpc) is 2.90. The van der Waals surface area contributed by atoms with E-state index in [9.17, 15) is 22.4 Å². The molecule has 0 aliphatic heterocycles. The zero-order valence-electron chi connectivity index (χ0n) is 23.6. The summed E-state index contributed by atoms with van der Waals surface area (Å²) in [5, 5.41) is 2.85. The lowest BCUT2D eigenvalue weighted by molar-refractivity contribution is -0.140. The van der Waals surface area contributed by atoms with Gasteiger partial charge >= 0.3 is 0 Å². The van der Waals surface area contributed by atoms with Crippen LogP contribution in [0, 0.1) is 12.7 Å². The van der Waals surface area contributed by atoms with Gasteiger partial charge in [0.25, 0.3) is 10.0 Å². The van der Waals surface area contributed by atoms with Gasteiger partial charge < -0.3 is 10.2 Å². The van der Waals surface area contributed by atoms with E-state index in [0.29, 0.717) is 5.69 Å². The number of nitrogens with zero attached hydrogens (tertiary/aromatic N) is 2. The first kappa shape index (κ1) is 31.2. The molecule has 40 heavy (non-hydrogen) atoms. The highest BCUT2D eigenvalue weighted by Gasteiger charge is 2.33. The first-order chi connectivity index (χ1) is 18.7. The molecule has 0 bridgehead atoms. The van der Waals surface area contributed by atoms with Crippen molar-refractivity contribution in [3.05, 3.63) is 89.7 Å². The van der Waals surface area contributed by atoms with Crippen LogP contribution in [0.25, 0.3) is 0 Å². The first-order valence-corrected chi connectivity index (χ1v) is 15.5. The summed E-state index contributed by atoms with van der Waals surface area (Å²) in [7, 11) is -4.17. The van der Waals surface area contributed by atoms with Gasteiger partial charge in [-0.1, -0.05) is 35.9 Å². The summed E-state index contributed by atoms with van der Waals surface area (Å²) >= 11 is 1.48. The Morgan fingerprint density at radius 2 is 1.57 bits per heavy atom. The highest BCUT2D eigenvalue weighted by molar-refractivity contribution is 7.98. The minimum Gasteiger partial charge on any atom is -0.350 e. The molecule has 0 heterocycles. The van der Waals surface area contributed by atoms with Crippen molar-refractivity contribution in [2.75, 3.05) is 17.1 Å². The second kappa shape index (κ2) is 12.9. The Bertz CT molecular complexity index is 1440. The molecule has 2 amide bonds. The van der Waals surface area contributed by atoms with E-state index in [1.54, 1.807) is 49.4 Å². The second-order valence-electron chi connectivity index (χ2n) is 10.6. The smallest absolute Gasteiger partial charge is 0.264 e. The number of rotatable bonds is 10. The molecule has 0 saturated heterocycles. The van der Waals surface area contributed by atoms with Crippen molar-refractivity contribution in [3.8, 4) is 0 Å². The van der Waals surface area contributed by atoms with Crippen molar-refractivity contribution in [2.24, 2.45) is 0 Å². The van der Waals surface area contributed by atoms with Crippen molar-refractivity contribution < 1.29 is 22.4 Å². The highest BCUT2D eigenvalue weighted by Crippen LogP contribution is 2.27. The van der Waals surface area contributed by atoms with Crippen molar-refractivity contribution in [1.82, 2.24) is 10.2 Å². The third kappa shape index (κ3) is 7.85. The molecule has 0 aliphatic carbocycles. The van der Waals surface area contributed by atoms with Crippen molar-refractivity contribution >= 4 is 39.3 Å². The van der Waals surface area contributed by atoms with Gasteiger partial charge in [-0.2, -0.15) is 0 Å². The van der Waals surface area contributed by atoms with Crippen LogP contribution in [0.4, 0.5) is 10.1 Å². The topological polar surface area (TPSA) is 86.8 Å². The lowest BCUT2D eigenvalue weighted by Crippen LogP contribution is -2.54. The number of carbonyl (C=O) groups is 2. The van der Waals surface area contributed by atoms with Crippen LogP contribution in [0.3, 0.4) is 0 Å². The molecule has 214 valence electrons. The van der Waals surface area contributed by atoms with E-state index in [1.807, 2.05) is 34.0 Å².